The molecular formula is C20H21N3O3S. The summed E-state index contributed by atoms with van der Waals surface area (Å²) in [6.07, 6.45) is 0.983. The molecule has 0 saturated carbocycles. The van der Waals surface area contributed by atoms with E-state index in [-0.39, 0.29) is 5.78 Å². The van der Waals surface area contributed by atoms with Gasteiger partial charge in [-0.15, -0.1) is 11.3 Å². The zero-order valence-corrected chi connectivity index (χ0v) is 16.4. The van der Waals surface area contributed by atoms with Gasteiger partial charge in [0.2, 0.25) is 0 Å². The molecule has 0 saturated heterocycles. The zero-order chi connectivity index (χ0) is 19.8. The standard InChI is InChI=1S/C20H21N3O3S/c1-11(24)13-8-15(18(21)22-10-13)17-9-12-7-14(5-6-16(12)27-17)23-19(25)26-20(2,3)4/h5-10H,1-4H3,(H2,21,22)(H,23,25). The van der Waals surface area contributed by atoms with Gasteiger partial charge in [0.05, 0.1) is 0 Å². The van der Waals surface area contributed by atoms with Crippen LogP contribution in [0.4, 0.5) is 16.3 Å². The predicted octanol–water partition coefficient (Wildman–Crippen LogP) is 5.10. The van der Waals surface area contributed by atoms with Gasteiger partial charge < -0.3 is 10.5 Å². The van der Waals surface area contributed by atoms with Gasteiger partial charge in [-0.3, -0.25) is 10.1 Å². The van der Waals surface area contributed by atoms with Crippen LogP contribution in [-0.4, -0.2) is 22.5 Å². The number of nitrogens with one attached hydrogen (secondary N) is 1. The molecule has 0 aliphatic heterocycles. The lowest BCUT2D eigenvalue weighted by atomic mass is 10.1. The molecule has 0 fully saturated rings. The highest BCUT2D eigenvalue weighted by Crippen LogP contribution is 2.37. The van der Waals surface area contributed by atoms with Crippen LogP contribution in [0.15, 0.2) is 36.5 Å². The molecule has 0 atom stereocenters. The first-order chi connectivity index (χ1) is 12.6. The van der Waals surface area contributed by atoms with Crippen molar-refractivity contribution in [1.29, 1.82) is 0 Å². The predicted molar refractivity (Wildman–Crippen MR) is 109 cm³/mol. The van der Waals surface area contributed by atoms with Gasteiger partial charge in [-0.1, -0.05) is 0 Å². The minimum atomic E-state index is -0.560. The highest BCUT2D eigenvalue weighted by Gasteiger charge is 2.17. The number of nitrogen functional groups attached to an aromatic ring is 1. The quantitative estimate of drug-likeness (QED) is 0.614. The molecule has 1 amide bonds. The fraction of sp³-hybridized carbons (Fsp3) is 0.250. The Bertz CT molecular complexity index is 1030. The number of hydrogen-bond donors (Lipinski definition) is 2. The monoisotopic (exact) mass is 383 g/mol. The number of rotatable bonds is 3. The van der Waals surface area contributed by atoms with E-state index in [1.165, 1.54) is 13.1 Å². The Balaban J connectivity index is 1.92. The minimum Gasteiger partial charge on any atom is -0.444 e. The summed E-state index contributed by atoms with van der Waals surface area (Å²) >= 11 is 1.55. The van der Waals surface area contributed by atoms with Crippen LogP contribution < -0.4 is 11.1 Å². The number of pyridine rings is 1. The van der Waals surface area contributed by atoms with E-state index in [0.717, 1.165) is 20.5 Å². The third-order valence-corrected chi connectivity index (χ3v) is 4.90. The Hall–Kier alpha value is -2.93. The number of fused-ring (bicyclic) bond motifs is 1. The number of carbonyl (C=O) groups is 2. The van der Waals surface area contributed by atoms with Gasteiger partial charge in [0.1, 0.15) is 11.4 Å². The smallest absolute Gasteiger partial charge is 0.412 e. The van der Waals surface area contributed by atoms with Crippen molar-refractivity contribution in [3.8, 4) is 10.4 Å². The second kappa shape index (κ2) is 7.00. The van der Waals surface area contributed by atoms with E-state index in [4.69, 9.17) is 10.5 Å². The number of hydrogen-bond acceptors (Lipinski definition) is 6. The Morgan fingerprint density at radius 1 is 1.19 bits per heavy atom. The molecule has 0 aliphatic carbocycles. The number of thiophene rings is 1. The minimum absolute atomic E-state index is 0.0614. The Morgan fingerprint density at radius 3 is 2.59 bits per heavy atom. The van der Waals surface area contributed by atoms with Gasteiger partial charge in [0, 0.05) is 32.6 Å². The molecule has 140 valence electrons. The third-order valence-electron chi connectivity index (χ3n) is 3.75. The van der Waals surface area contributed by atoms with E-state index in [2.05, 4.69) is 10.3 Å². The summed E-state index contributed by atoms with van der Waals surface area (Å²) in [6, 6.07) is 9.35. The maximum Gasteiger partial charge on any atom is 0.412 e. The van der Waals surface area contributed by atoms with Crippen LogP contribution in [0.5, 0.6) is 0 Å². The van der Waals surface area contributed by atoms with E-state index in [9.17, 15) is 9.59 Å². The molecule has 3 aromatic rings. The summed E-state index contributed by atoms with van der Waals surface area (Å²) in [7, 11) is 0. The summed E-state index contributed by atoms with van der Waals surface area (Å²) < 4.78 is 6.31. The number of Topliss-reactive ketones (excluding diaryl/α,β-unsaturated/α-hetero) is 1. The highest BCUT2D eigenvalue weighted by molar-refractivity contribution is 7.22. The van der Waals surface area contributed by atoms with Crippen molar-refractivity contribution in [3.05, 3.63) is 42.1 Å². The van der Waals surface area contributed by atoms with Gasteiger partial charge in [-0.25, -0.2) is 9.78 Å². The van der Waals surface area contributed by atoms with Gasteiger partial charge in [-0.05, 0) is 63.4 Å². The Kier molecular flexibility index (Phi) is 4.89. The topological polar surface area (TPSA) is 94.3 Å². The van der Waals surface area contributed by atoms with Crippen molar-refractivity contribution in [3.63, 3.8) is 0 Å². The molecule has 27 heavy (non-hydrogen) atoms. The number of benzene rings is 1. The number of anilines is 2. The maximum absolute atomic E-state index is 11.9. The van der Waals surface area contributed by atoms with Crippen LogP contribution in [0.25, 0.3) is 20.5 Å². The Labute approximate surface area is 161 Å². The third kappa shape index (κ3) is 4.43. The molecule has 1 aromatic carbocycles. The van der Waals surface area contributed by atoms with Crippen LogP contribution >= 0.6 is 11.3 Å². The number of amides is 1. The first-order valence-electron chi connectivity index (χ1n) is 8.43. The molecule has 7 heteroatoms. The highest BCUT2D eigenvalue weighted by atomic mass is 32.1. The number of aromatic nitrogens is 1. The van der Waals surface area contributed by atoms with Crippen molar-refractivity contribution < 1.29 is 14.3 Å². The largest absolute Gasteiger partial charge is 0.444 e. The van der Waals surface area contributed by atoms with E-state index >= 15 is 0 Å². The molecule has 3 N–H and O–H groups in total. The molecule has 0 spiro atoms. The molecular weight excluding hydrogens is 362 g/mol. The molecule has 3 rings (SSSR count). The van der Waals surface area contributed by atoms with Gasteiger partial charge in [0.25, 0.3) is 0 Å². The summed E-state index contributed by atoms with van der Waals surface area (Å²) in [5.41, 5.74) is 7.34. The van der Waals surface area contributed by atoms with Crippen molar-refractivity contribution in [2.24, 2.45) is 0 Å². The lowest BCUT2D eigenvalue weighted by Crippen LogP contribution is -2.27. The molecule has 0 bridgehead atoms. The van der Waals surface area contributed by atoms with Gasteiger partial charge in [-0.2, -0.15) is 0 Å². The number of ketones is 1. The number of carbonyl (C=O) groups excluding carboxylic acids is 2. The summed E-state index contributed by atoms with van der Waals surface area (Å²) in [5.74, 6) is 0.312. The van der Waals surface area contributed by atoms with E-state index in [0.29, 0.717) is 17.1 Å². The number of nitrogens with zero attached hydrogens (tertiary/aromatic N) is 1. The van der Waals surface area contributed by atoms with Crippen LogP contribution in [-0.2, 0) is 4.74 Å². The van der Waals surface area contributed by atoms with Crippen LogP contribution in [0, 0.1) is 0 Å². The molecule has 0 unspecified atom stereocenters. The average molecular weight is 383 g/mol. The molecule has 6 nitrogen and oxygen atoms in total. The molecule has 0 radical (unpaired) electrons. The summed E-state index contributed by atoms with van der Waals surface area (Å²) in [4.78, 5) is 28.6. The lowest BCUT2D eigenvalue weighted by molar-refractivity contribution is 0.0635. The fourth-order valence-corrected chi connectivity index (χ4v) is 3.61. The molecule has 0 aliphatic rings. The van der Waals surface area contributed by atoms with Crippen molar-refractivity contribution in [1.82, 2.24) is 4.98 Å². The number of ether oxygens (including phenoxy) is 1. The molecule has 2 aromatic heterocycles. The van der Waals surface area contributed by atoms with Crippen LogP contribution in [0.3, 0.4) is 0 Å². The normalized spacial score (nSPS) is 11.4. The van der Waals surface area contributed by atoms with Crippen LogP contribution in [0.1, 0.15) is 38.1 Å². The second-order valence-electron chi connectivity index (χ2n) is 7.20. The van der Waals surface area contributed by atoms with E-state index in [1.54, 1.807) is 17.4 Å². The average Bonchev–Trinajstić information content (AvgIpc) is 2.96. The van der Waals surface area contributed by atoms with Crippen molar-refractivity contribution >= 4 is 44.8 Å². The van der Waals surface area contributed by atoms with E-state index < -0.39 is 11.7 Å². The molecule has 2 heterocycles. The van der Waals surface area contributed by atoms with Crippen molar-refractivity contribution in [2.45, 2.75) is 33.3 Å². The zero-order valence-electron chi connectivity index (χ0n) is 15.6. The first-order valence-corrected chi connectivity index (χ1v) is 9.24. The van der Waals surface area contributed by atoms with Gasteiger partial charge >= 0.3 is 6.09 Å². The van der Waals surface area contributed by atoms with Crippen LogP contribution in [0.2, 0.25) is 0 Å². The first kappa shape index (κ1) is 18.8. The Morgan fingerprint density at radius 2 is 1.93 bits per heavy atom. The fourth-order valence-electron chi connectivity index (χ4n) is 2.54. The SMILES string of the molecule is CC(=O)c1cnc(N)c(-c2cc3cc(NC(=O)OC(C)(C)C)ccc3s2)c1. The summed E-state index contributed by atoms with van der Waals surface area (Å²) in [6.45, 7) is 6.94. The van der Waals surface area contributed by atoms with E-state index in [1.807, 2.05) is 45.0 Å². The second-order valence-corrected chi connectivity index (χ2v) is 8.29. The van der Waals surface area contributed by atoms with Crippen molar-refractivity contribution in [2.75, 3.05) is 11.1 Å². The lowest BCUT2D eigenvalue weighted by Gasteiger charge is -2.19. The number of nitrogens with two attached hydrogens (primary N) is 1. The maximum atomic E-state index is 11.9. The van der Waals surface area contributed by atoms with Gasteiger partial charge in [0.15, 0.2) is 5.78 Å². The summed E-state index contributed by atoms with van der Waals surface area (Å²) in [5, 5.41) is 3.69.